The average molecular weight is 195 g/mol. The molecule has 0 amide bonds. The van der Waals surface area contributed by atoms with Crippen molar-refractivity contribution in [3.05, 3.63) is 12.2 Å². The van der Waals surface area contributed by atoms with Crippen LogP contribution in [0, 0.1) is 0 Å². The monoisotopic (exact) mass is 195 g/mol. The number of carboxylic acid groups (broad SMARTS) is 1. The number of aryl methyl sites for hydroxylation is 1. The Morgan fingerprint density at radius 2 is 2.57 bits per heavy atom. The Bertz CT molecular complexity index is 335. The molecule has 1 aliphatic rings. The smallest absolute Gasteiger partial charge is 0.303 e. The minimum Gasteiger partial charge on any atom is -0.481 e. The van der Waals surface area contributed by atoms with E-state index in [4.69, 9.17) is 5.11 Å². The normalized spacial score (nSPS) is 20.4. The summed E-state index contributed by atoms with van der Waals surface area (Å²) >= 11 is 0. The lowest BCUT2D eigenvalue weighted by Crippen LogP contribution is -2.18. The molecule has 2 rings (SSSR count). The van der Waals surface area contributed by atoms with Gasteiger partial charge in [-0.15, -0.1) is 10.2 Å². The van der Waals surface area contributed by atoms with Crippen LogP contribution in [0.3, 0.4) is 0 Å². The summed E-state index contributed by atoms with van der Waals surface area (Å²) in [5, 5.41) is 16.4. The summed E-state index contributed by atoms with van der Waals surface area (Å²) in [4.78, 5) is 10.5. The Morgan fingerprint density at radius 1 is 1.71 bits per heavy atom. The van der Waals surface area contributed by atoms with Gasteiger partial charge in [-0.2, -0.15) is 0 Å². The second-order valence-electron chi connectivity index (χ2n) is 3.63. The van der Waals surface area contributed by atoms with Gasteiger partial charge in [-0.1, -0.05) is 0 Å². The third-order valence-electron chi connectivity index (χ3n) is 2.67. The van der Waals surface area contributed by atoms with Crippen molar-refractivity contribution in [2.75, 3.05) is 0 Å². The Morgan fingerprint density at radius 3 is 3.36 bits per heavy atom. The largest absolute Gasteiger partial charge is 0.481 e. The van der Waals surface area contributed by atoms with E-state index in [0.717, 1.165) is 25.1 Å². The van der Waals surface area contributed by atoms with Gasteiger partial charge in [0, 0.05) is 18.9 Å². The van der Waals surface area contributed by atoms with Gasteiger partial charge in [0.25, 0.3) is 0 Å². The van der Waals surface area contributed by atoms with Crippen molar-refractivity contribution in [2.45, 2.75) is 38.1 Å². The third-order valence-corrected chi connectivity index (χ3v) is 2.67. The fourth-order valence-electron chi connectivity index (χ4n) is 1.96. The van der Waals surface area contributed by atoms with Gasteiger partial charge in [0.15, 0.2) is 0 Å². The van der Waals surface area contributed by atoms with Crippen LogP contribution in [-0.2, 0) is 11.2 Å². The van der Waals surface area contributed by atoms with Crippen molar-refractivity contribution in [3.8, 4) is 0 Å². The number of rotatable bonds is 3. The highest BCUT2D eigenvalue weighted by Gasteiger charge is 2.20. The SMILES string of the molecule is O=C(O)CCC1CCCc2nncn21. The predicted octanol–water partition coefficient (Wildman–Crippen LogP) is 1.02. The minimum atomic E-state index is -0.731. The maximum Gasteiger partial charge on any atom is 0.303 e. The predicted molar refractivity (Wildman–Crippen MR) is 48.9 cm³/mol. The maximum atomic E-state index is 10.5. The van der Waals surface area contributed by atoms with Crippen LogP contribution in [0.15, 0.2) is 6.33 Å². The molecule has 1 aromatic rings. The molecule has 0 aliphatic carbocycles. The van der Waals surface area contributed by atoms with E-state index in [1.807, 2.05) is 4.57 Å². The molecular weight excluding hydrogens is 182 g/mol. The lowest BCUT2D eigenvalue weighted by molar-refractivity contribution is -0.137. The molecule has 1 atom stereocenters. The topological polar surface area (TPSA) is 68.0 Å². The first kappa shape index (κ1) is 9.18. The van der Waals surface area contributed by atoms with E-state index < -0.39 is 5.97 Å². The first-order valence-corrected chi connectivity index (χ1v) is 4.87. The van der Waals surface area contributed by atoms with E-state index in [2.05, 4.69) is 10.2 Å². The summed E-state index contributed by atoms with van der Waals surface area (Å²) in [5.74, 6) is 0.261. The zero-order chi connectivity index (χ0) is 9.97. The van der Waals surface area contributed by atoms with Crippen molar-refractivity contribution in [3.63, 3.8) is 0 Å². The van der Waals surface area contributed by atoms with Gasteiger partial charge in [-0.3, -0.25) is 4.79 Å². The number of carbonyl (C=O) groups is 1. The molecule has 5 heteroatoms. The summed E-state index contributed by atoms with van der Waals surface area (Å²) in [7, 11) is 0. The van der Waals surface area contributed by atoms with E-state index in [1.165, 1.54) is 0 Å². The summed E-state index contributed by atoms with van der Waals surface area (Å²) < 4.78 is 2.02. The van der Waals surface area contributed by atoms with Crippen LogP contribution >= 0.6 is 0 Å². The van der Waals surface area contributed by atoms with Crippen molar-refractivity contribution in [1.29, 1.82) is 0 Å². The summed E-state index contributed by atoms with van der Waals surface area (Å²) in [6.45, 7) is 0. The number of hydrogen-bond acceptors (Lipinski definition) is 3. The molecule has 0 fully saturated rings. The van der Waals surface area contributed by atoms with E-state index in [1.54, 1.807) is 6.33 Å². The summed E-state index contributed by atoms with van der Waals surface area (Å²) in [6.07, 6.45) is 5.70. The second-order valence-corrected chi connectivity index (χ2v) is 3.63. The van der Waals surface area contributed by atoms with Gasteiger partial charge in [-0.25, -0.2) is 0 Å². The highest BCUT2D eigenvalue weighted by Crippen LogP contribution is 2.26. The van der Waals surface area contributed by atoms with Crippen LogP contribution in [0.4, 0.5) is 0 Å². The first-order chi connectivity index (χ1) is 6.77. The van der Waals surface area contributed by atoms with Crippen LogP contribution < -0.4 is 0 Å². The van der Waals surface area contributed by atoms with Gasteiger partial charge >= 0.3 is 5.97 Å². The lowest BCUT2D eigenvalue weighted by atomic mass is 10.0. The number of aromatic nitrogens is 3. The van der Waals surface area contributed by atoms with Gasteiger partial charge in [-0.05, 0) is 19.3 Å². The van der Waals surface area contributed by atoms with E-state index in [0.29, 0.717) is 6.42 Å². The Hall–Kier alpha value is -1.39. The molecule has 0 aromatic carbocycles. The van der Waals surface area contributed by atoms with Gasteiger partial charge in [0.2, 0.25) is 0 Å². The molecule has 2 heterocycles. The van der Waals surface area contributed by atoms with E-state index in [9.17, 15) is 4.79 Å². The van der Waals surface area contributed by atoms with E-state index >= 15 is 0 Å². The van der Waals surface area contributed by atoms with Crippen LogP contribution in [0.25, 0.3) is 0 Å². The Labute approximate surface area is 81.8 Å². The van der Waals surface area contributed by atoms with Crippen molar-refractivity contribution in [1.82, 2.24) is 14.8 Å². The Balaban J connectivity index is 2.05. The van der Waals surface area contributed by atoms with Crippen molar-refractivity contribution >= 4 is 5.97 Å². The highest BCUT2D eigenvalue weighted by atomic mass is 16.4. The highest BCUT2D eigenvalue weighted by molar-refractivity contribution is 5.66. The number of nitrogens with zero attached hydrogens (tertiary/aromatic N) is 3. The molecule has 0 spiro atoms. The molecule has 0 saturated heterocycles. The molecule has 1 aromatic heterocycles. The summed E-state index contributed by atoms with van der Waals surface area (Å²) in [5.41, 5.74) is 0. The zero-order valence-electron chi connectivity index (χ0n) is 7.89. The fraction of sp³-hybridized carbons (Fsp3) is 0.667. The first-order valence-electron chi connectivity index (χ1n) is 4.87. The third kappa shape index (κ3) is 1.76. The Kier molecular flexibility index (Phi) is 2.47. The van der Waals surface area contributed by atoms with Gasteiger partial charge in [0.05, 0.1) is 0 Å². The standard InChI is InChI=1S/C9H13N3O2/c13-9(14)5-4-7-2-1-3-8-11-10-6-12(7)8/h6-7H,1-5H2,(H,13,14). The number of carboxylic acids is 1. The fourth-order valence-corrected chi connectivity index (χ4v) is 1.96. The maximum absolute atomic E-state index is 10.5. The van der Waals surface area contributed by atoms with Crippen LogP contribution in [0.1, 0.15) is 37.5 Å². The lowest BCUT2D eigenvalue weighted by Gasteiger charge is -2.23. The molecule has 5 nitrogen and oxygen atoms in total. The molecule has 0 saturated carbocycles. The van der Waals surface area contributed by atoms with Gasteiger partial charge < -0.3 is 9.67 Å². The molecule has 14 heavy (non-hydrogen) atoms. The molecule has 76 valence electrons. The minimum absolute atomic E-state index is 0.224. The quantitative estimate of drug-likeness (QED) is 0.781. The van der Waals surface area contributed by atoms with Crippen LogP contribution in [0.5, 0.6) is 0 Å². The molecule has 0 bridgehead atoms. The molecule has 0 radical (unpaired) electrons. The van der Waals surface area contributed by atoms with E-state index in [-0.39, 0.29) is 12.5 Å². The molecule has 1 aliphatic heterocycles. The van der Waals surface area contributed by atoms with Crippen LogP contribution in [0.2, 0.25) is 0 Å². The zero-order valence-corrected chi connectivity index (χ0v) is 7.89. The van der Waals surface area contributed by atoms with Crippen LogP contribution in [-0.4, -0.2) is 25.8 Å². The second kappa shape index (κ2) is 3.77. The molecule has 1 unspecified atom stereocenters. The number of fused-ring (bicyclic) bond motifs is 1. The van der Waals surface area contributed by atoms with Crippen molar-refractivity contribution in [2.24, 2.45) is 0 Å². The molecule has 1 N–H and O–H groups in total. The van der Waals surface area contributed by atoms with Gasteiger partial charge in [0.1, 0.15) is 12.2 Å². The number of aliphatic carboxylic acids is 1. The average Bonchev–Trinajstić information content (AvgIpc) is 2.62. The summed E-state index contributed by atoms with van der Waals surface area (Å²) in [6, 6.07) is 0.282. The van der Waals surface area contributed by atoms with Crippen molar-refractivity contribution < 1.29 is 9.90 Å². The number of hydrogen-bond donors (Lipinski definition) is 1. The molecular formula is C9H13N3O2.